The summed E-state index contributed by atoms with van der Waals surface area (Å²) < 4.78 is 0. The van der Waals surface area contributed by atoms with E-state index in [1.54, 1.807) is 12.4 Å². The van der Waals surface area contributed by atoms with Crippen molar-refractivity contribution in [3.63, 3.8) is 0 Å². The van der Waals surface area contributed by atoms with E-state index in [2.05, 4.69) is 44.8 Å². The first kappa shape index (κ1) is 19.8. The maximum absolute atomic E-state index is 13.1. The molecule has 0 aromatic carbocycles. The van der Waals surface area contributed by atoms with Gasteiger partial charge in [0, 0.05) is 45.0 Å². The van der Waals surface area contributed by atoms with E-state index in [1.807, 2.05) is 11.1 Å². The van der Waals surface area contributed by atoms with Crippen LogP contribution in [0.15, 0.2) is 18.5 Å². The maximum atomic E-state index is 13.1. The van der Waals surface area contributed by atoms with E-state index in [4.69, 9.17) is 17.3 Å². The first-order valence-corrected chi connectivity index (χ1v) is 10.2. The molecule has 3 fully saturated rings. The summed E-state index contributed by atoms with van der Waals surface area (Å²) in [6.45, 7) is 6.37. The number of nitrogens with one attached hydrogen (secondary N) is 3. The van der Waals surface area contributed by atoms with Crippen molar-refractivity contribution in [2.75, 3.05) is 50.0 Å². The number of hydrazine groups is 1. The number of hydrogen-bond acceptors (Lipinski definition) is 8. The molecule has 1 aromatic rings. The number of amides is 1. The van der Waals surface area contributed by atoms with Crippen LogP contribution in [0.1, 0.15) is 6.92 Å². The summed E-state index contributed by atoms with van der Waals surface area (Å²) >= 11 is 6.22. The number of anilines is 2. The van der Waals surface area contributed by atoms with Crippen molar-refractivity contribution in [3.8, 4) is 0 Å². The summed E-state index contributed by atoms with van der Waals surface area (Å²) in [5, 5.41) is 8.33. The highest BCUT2D eigenvalue weighted by Gasteiger charge is 2.46. The number of carbonyl (C=O) groups excluding carboxylic acids is 1. The molecule has 10 heteroatoms. The molecule has 5 unspecified atom stereocenters. The van der Waals surface area contributed by atoms with Gasteiger partial charge in [0.05, 0.1) is 41.2 Å². The SMILES string of the molecule is CC1CN(C)CCN1c1ccncc1NC(=O)C1C(N)NN2CC(Cl)CNC12. The fourth-order valence-electron chi connectivity index (χ4n) is 4.43. The molecule has 28 heavy (non-hydrogen) atoms. The van der Waals surface area contributed by atoms with Crippen molar-refractivity contribution in [1.82, 2.24) is 25.6 Å². The second-order valence-electron chi connectivity index (χ2n) is 7.97. The molecule has 0 aliphatic carbocycles. The van der Waals surface area contributed by atoms with Gasteiger partial charge in [0.1, 0.15) is 0 Å². The summed E-state index contributed by atoms with van der Waals surface area (Å²) in [7, 11) is 2.13. The number of likely N-dealkylation sites (N-methyl/N-ethyl adjacent to an activating group) is 1. The first-order chi connectivity index (χ1) is 13.4. The average Bonchev–Trinajstić information content (AvgIpc) is 2.97. The Morgan fingerprint density at radius 3 is 3.00 bits per heavy atom. The molecule has 3 saturated heterocycles. The minimum absolute atomic E-state index is 0.0126. The molecule has 1 aromatic heterocycles. The molecule has 3 aliphatic heterocycles. The minimum Gasteiger partial charge on any atom is -0.364 e. The lowest BCUT2D eigenvalue weighted by atomic mass is 10.0. The zero-order valence-corrected chi connectivity index (χ0v) is 17.1. The highest BCUT2D eigenvalue weighted by Crippen LogP contribution is 2.30. The zero-order valence-electron chi connectivity index (χ0n) is 16.3. The van der Waals surface area contributed by atoms with Crippen molar-refractivity contribution in [3.05, 3.63) is 18.5 Å². The standard InChI is InChI=1S/C18H29ClN8O/c1-11-9-25(2)5-6-26(11)14-3-4-21-8-13(14)23-18(28)15-16(20)24-27-10-12(19)7-22-17(15)27/h3-4,8,11-12,15-17,22,24H,5-7,9-10,20H2,1-2H3,(H,23,28). The van der Waals surface area contributed by atoms with E-state index < -0.39 is 12.1 Å². The van der Waals surface area contributed by atoms with Gasteiger partial charge in [-0.2, -0.15) is 0 Å². The van der Waals surface area contributed by atoms with Gasteiger partial charge in [0.2, 0.25) is 5.91 Å². The van der Waals surface area contributed by atoms with E-state index >= 15 is 0 Å². The highest BCUT2D eigenvalue weighted by atomic mass is 35.5. The van der Waals surface area contributed by atoms with Crippen molar-refractivity contribution in [2.24, 2.45) is 11.7 Å². The van der Waals surface area contributed by atoms with Crippen LogP contribution in [0.3, 0.4) is 0 Å². The number of aromatic nitrogens is 1. The van der Waals surface area contributed by atoms with Gasteiger partial charge in [-0.15, -0.1) is 11.6 Å². The lowest BCUT2D eigenvalue weighted by Crippen LogP contribution is -2.58. The fraction of sp³-hybridized carbons (Fsp3) is 0.667. The quantitative estimate of drug-likeness (QED) is 0.493. The van der Waals surface area contributed by atoms with Crippen LogP contribution < -0.4 is 26.7 Å². The molecule has 3 aliphatic rings. The number of piperazine rings is 1. The minimum atomic E-state index is -0.470. The molecule has 0 spiro atoms. The second kappa shape index (κ2) is 8.10. The van der Waals surface area contributed by atoms with Crippen molar-refractivity contribution in [2.45, 2.75) is 30.7 Å². The van der Waals surface area contributed by atoms with Crippen molar-refractivity contribution < 1.29 is 4.79 Å². The number of rotatable bonds is 3. The van der Waals surface area contributed by atoms with Gasteiger partial charge in [-0.1, -0.05) is 0 Å². The number of pyridine rings is 1. The van der Waals surface area contributed by atoms with E-state index in [1.165, 1.54) is 0 Å². The summed E-state index contributed by atoms with van der Waals surface area (Å²) in [5.74, 6) is -0.550. The molecular weight excluding hydrogens is 380 g/mol. The Balaban J connectivity index is 1.51. The van der Waals surface area contributed by atoms with Gasteiger partial charge >= 0.3 is 0 Å². The van der Waals surface area contributed by atoms with E-state index in [0.717, 1.165) is 31.0 Å². The first-order valence-electron chi connectivity index (χ1n) is 9.80. The van der Waals surface area contributed by atoms with Crippen molar-refractivity contribution >= 4 is 28.9 Å². The third-order valence-corrected chi connectivity index (χ3v) is 6.11. The molecule has 154 valence electrons. The Hall–Kier alpha value is -1.49. The van der Waals surface area contributed by atoms with Crippen LogP contribution >= 0.6 is 11.6 Å². The second-order valence-corrected chi connectivity index (χ2v) is 8.59. The molecule has 9 nitrogen and oxygen atoms in total. The number of carbonyl (C=O) groups is 1. The molecule has 0 saturated carbocycles. The van der Waals surface area contributed by atoms with Crippen LogP contribution in [0.2, 0.25) is 0 Å². The largest absolute Gasteiger partial charge is 0.364 e. The summed E-state index contributed by atoms with van der Waals surface area (Å²) in [6.07, 6.45) is 2.84. The number of hydrogen-bond donors (Lipinski definition) is 4. The molecule has 4 heterocycles. The smallest absolute Gasteiger partial charge is 0.233 e. The lowest BCUT2D eigenvalue weighted by molar-refractivity contribution is -0.121. The topological polar surface area (TPSA) is 102 Å². The lowest BCUT2D eigenvalue weighted by Gasteiger charge is -2.40. The molecule has 4 rings (SSSR count). The molecule has 1 amide bonds. The highest BCUT2D eigenvalue weighted by molar-refractivity contribution is 6.21. The van der Waals surface area contributed by atoms with Gasteiger partial charge < -0.3 is 20.9 Å². The van der Waals surface area contributed by atoms with Crippen LogP contribution in [0, 0.1) is 5.92 Å². The third kappa shape index (κ3) is 3.83. The van der Waals surface area contributed by atoms with Gasteiger partial charge in [0.25, 0.3) is 0 Å². The number of nitrogens with two attached hydrogens (primary N) is 1. The van der Waals surface area contributed by atoms with Gasteiger partial charge in [0.15, 0.2) is 0 Å². The average molecular weight is 409 g/mol. The third-order valence-electron chi connectivity index (χ3n) is 5.82. The van der Waals surface area contributed by atoms with Gasteiger partial charge in [-0.05, 0) is 20.0 Å². The zero-order chi connectivity index (χ0) is 19.8. The molecule has 5 N–H and O–H groups in total. The van der Waals surface area contributed by atoms with Crippen molar-refractivity contribution in [1.29, 1.82) is 0 Å². The summed E-state index contributed by atoms with van der Waals surface area (Å²) in [4.78, 5) is 22.0. The molecule has 0 bridgehead atoms. The van der Waals surface area contributed by atoms with E-state index in [9.17, 15) is 4.79 Å². The van der Waals surface area contributed by atoms with Crippen LogP contribution in [0.25, 0.3) is 0 Å². The normalized spacial score (nSPS) is 34.3. The molecule has 0 radical (unpaired) electrons. The van der Waals surface area contributed by atoms with Crippen LogP contribution in [0.4, 0.5) is 11.4 Å². The fourth-order valence-corrected chi connectivity index (χ4v) is 4.66. The number of fused-ring (bicyclic) bond motifs is 1. The predicted octanol–water partition coefficient (Wildman–Crippen LogP) is -0.582. The Kier molecular flexibility index (Phi) is 5.73. The van der Waals surface area contributed by atoms with Gasteiger partial charge in [-0.25, -0.2) is 10.4 Å². The Labute approximate surface area is 170 Å². The van der Waals surface area contributed by atoms with E-state index in [-0.39, 0.29) is 17.5 Å². The predicted molar refractivity (Wildman–Crippen MR) is 110 cm³/mol. The van der Waals surface area contributed by atoms with Crippen LogP contribution in [-0.4, -0.2) is 84.3 Å². The van der Waals surface area contributed by atoms with Crippen LogP contribution in [0.5, 0.6) is 0 Å². The summed E-state index contributed by atoms with van der Waals surface area (Å²) in [6, 6.07) is 2.32. The molecule has 5 atom stereocenters. The Morgan fingerprint density at radius 2 is 2.21 bits per heavy atom. The Bertz CT molecular complexity index is 721. The Morgan fingerprint density at radius 1 is 1.39 bits per heavy atom. The number of alkyl halides is 1. The van der Waals surface area contributed by atoms with E-state index in [0.29, 0.717) is 19.1 Å². The maximum Gasteiger partial charge on any atom is 0.233 e. The summed E-state index contributed by atoms with van der Waals surface area (Å²) in [5.41, 5.74) is 11.1. The number of nitrogens with zero attached hydrogens (tertiary/aromatic N) is 4. The monoisotopic (exact) mass is 408 g/mol. The van der Waals surface area contributed by atoms with Crippen LogP contribution in [-0.2, 0) is 4.79 Å². The van der Waals surface area contributed by atoms with Gasteiger partial charge in [-0.3, -0.25) is 15.1 Å². The number of halogens is 1. The molecular formula is C18H29ClN8O.